The van der Waals surface area contributed by atoms with Gasteiger partial charge in [0.15, 0.2) is 0 Å². The Balaban J connectivity index is 2.69. The predicted octanol–water partition coefficient (Wildman–Crippen LogP) is 2.01. The molecular weight excluding hydrogens is 269 g/mol. The number of nitro benzene ring substituents is 1. The van der Waals surface area contributed by atoms with E-state index >= 15 is 0 Å². The molecule has 0 bridgehead atoms. The van der Waals surface area contributed by atoms with Gasteiger partial charge in [0, 0.05) is 6.20 Å². The van der Waals surface area contributed by atoms with Gasteiger partial charge in [-0.15, -0.1) is 0 Å². The number of imidazole rings is 1. The lowest BCUT2D eigenvalue weighted by Crippen LogP contribution is -2.08. The first-order chi connectivity index (χ1) is 9.43. The van der Waals surface area contributed by atoms with Gasteiger partial charge in [0.2, 0.25) is 0 Å². The number of benzene rings is 1. The molecule has 1 aromatic heterocycles. The van der Waals surface area contributed by atoms with Crippen LogP contribution >= 0.6 is 0 Å². The third-order valence-electron chi connectivity index (χ3n) is 2.66. The summed E-state index contributed by atoms with van der Waals surface area (Å²) in [5, 5.41) is 11.0. The summed E-state index contributed by atoms with van der Waals surface area (Å²) < 4.78 is 19.5. The highest BCUT2D eigenvalue weighted by Gasteiger charge is 2.23. The maximum Gasteiger partial charge on any atom is 0.340 e. The van der Waals surface area contributed by atoms with Crippen LogP contribution in [0.4, 0.5) is 10.1 Å². The molecule has 0 radical (unpaired) electrons. The topological polar surface area (TPSA) is 87.3 Å². The lowest BCUT2D eigenvalue weighted by atomic mass is 10.1. The highest BCUT2D eigenvalue weighted by molar-refractivity contribution is 5.91. The van der Waals surface area contributed by atoms with Crippen molar-refractivity contribution >= 4 is 11.7 Å². The molecule has 2 aromatic rings. The molecular formula is C12H10FN3O4. The number of hydrogen-bond acceptors (Lipinski definition) is 5. The average molecular weight is 279 g/mol. The highest BCUT2D eigenvalue weighted by Crippen LogP contribution is 2.27. The average Bonchev–Trinajstić information content (AvgIpc) is 2.84. The van der Waals surface area contributed by atoms with Crippen molar-refractivity contribution in [1.29, 1.82) is 0 Å². The SMILES string of the molecule is COC(=O)c1cc(-n2cnc(C)c2)c([N+](=O)[O-])cc1F. The van der Waals surface area contributed by atoms with Crippen LogP contribution in [-0.4, -0.2) is 27.6 Å². The van der Waals surface area contributed by atoms with Crippen LogP contribution in [0.1, 0.15) is 16.1 Å². The summed E-state index contributed by atoms with van der Waals surface area (Å²) in [6, 6.07) is 1.76. The van der Waals surface area contributed by atoms with Crippen molar-refractivity contribution in [3.05, 3.63) is 51.8 Å². The van der Waals surface area contributed by atoms with Crippen molar-refractivity contribution in [3.8, 4) is 5.69 Å². The quantitative estimate of drug-likeness (QED) is 0.487. The maximum atomic E-state index is 13.7. The molecule has 0 N–H and O–H groups in total. The Kier molecular flexibility index (Phi) is 3.47. The standard InChI is InChI=1S/C12H10FN3O4/c1-7-5-15(6-14-7)10-3-8(12(17)20-2)9(13)4-11(10)16(18)19/h3-6H,1-2H3. The number of aromatic nitrogens is 2. The number of esters is 1. The summed E-state index contributed by atoms with van der Waals surface area (Å²) >= 11 is 0. The van der Waals surface area contributed by atoms with E-state index in [-0.39, 0.29) is 11.3 Å². The van der Waals surface area contributed by atoms with E-state index < -0.39 is 22.4 Å². The van der Waals surface area contributed by atoms with E-state index in [9.17, 15) is 19.3 Å². The number of methoxy groups -OCH3 is 1. The van der Waals surface area contributed by atoms with Crippen LogP contribution in [-0.2, 0) is 4.74 Å². The molecule has 0 aliphatic rings. The second-order valence-corrected chi connectivity index (χ2v) is 3.99. The molecule has 0 unspecified atom stereocenters. The number of carbonyl (C=O) groups is 1. The van der Waals surface area contributed by atoms with E-state index in [1.54, 1.807) is 6.92 Å². The molecule has 0 spiro atoms. The van der Waals surface area contributed by atoms with Gasteiger partial charge in [-0.25, -0.2) is 14.2 Å². The summed E-state index contributed by atoms with van der Waals surface area (Å²) in [7, 11) is 1.10. The zero-order valence-electron chi connectivity index (χ0n) is 10.7. The second-order valence-electron chi connectivity index (χ2n) is 3.99. The Morgan fingerprint density at radius 3 is 2.70 bits per heavy atom. The zero-order valence-corrected chi connectivity index (χ0v) is 10.7. The number of rotatable bonds is 3. The van der Waals surface area contributed by atoms with Gasteiger partial charge < -0.3 is 4.74 Å². The van der Waals surface area contributed by atoms with Crippen LogP contribution in [0, 0.1) is 22.9 Å². The minimum Gasteiger partial charge on any atom is -0.465 e. The molecule has 2 rings (SSSR count). The third kappa shape index (κ3) is 2.35. The van der Waals surface area contributed by atoms with Gasteiger partial charge in [-0.3, -0.25) is 14.7 Å². The number of ether oxygens (including phenoxy) is 1. The number of aryl methyl sites for hydroxylation is 1. The van der Waals surface area contributed by atoms with Crippen molar-refractivity contribution in [2.45, 2.75) is 6.92 Å². The Morgan fingerprint density at radius 1 is 1.50 bits per heavy atom. The Morgan fingerprint density at radius 2 is 2.20 bits per heavy atom. The molecule has 0 aliphatic heterocycles. The minimum atomic E-state index is -1.01. The van der Waals surface area contributed by atoms with Gasteiger partial charge in [-0.1, -0.05) is 0 Å². The van der Waals surface area contributed by atoms with Crippen molar-refractivity contribution in [2.75, 3.05) is 7.11 Å². The Bertz CT molecular complexity index is 696. The van der Waals surface area contributed by atoms with E-state index in [0.717, 1.165) is 13.2 Å². The molecule has 8 heteroatoms. The summed E-state index contributed by atoms with van der Waals surface area (Å²) in [5.41, 5.74) is -0.173. The van der Waals surface area contributed by atoms with Crippen LogP contribution in [0.3, 0.4) is 0 Å². The zero-order chi connectivity index (χ0) is 14.9. The molecule has 1 heterocycles. The summed E-state index contributed by atoms with van der Waals surface area (Å²) in [6.07, 6.45) is 2.87. The maximum absolute atomic E-state index is 13.7. The van der Waals surface area contributed by atoms with Crippen LogP contribution in [0.5, 0.6) is 0 Å². The van der Waals surface area contributed by atoms with E-state index in [0.29, 0.717) is 11.8 Å². The lowest BCUT2D eigenvalue weighted by Gasteiger charge is -2.07. The smallest absolute Gasteiger partial charge is 0.340 e. The molecule has 1 aromatic carbocycles. The van der Waals surface area contributed by atoms with Crippen LogP contribution in [0.15, 0.2) is 24.7 Å². The fraction of sp³-hybridized carbons (Fsp3) is 0.167. The molecule has 20 heavy (non-hydrogen) atoms. The van der Waals surface area contributed by atoms with Crippen molar-refractivity contribution < 1.29 is 18.8 Å². The first-order valence-corrected chi connectivity index (χ1v) is 5.51. The summed E-state index contributed by atoms with van der Waals surface area (Å²) in [6.45, 7) is 1.70. The number of nitrogens with zero attached hydrogens (tertiary/aromatic N) is 3. The van der Waals surface area contributed by atoms with Crippen molar-refractivity contribution in [3.63, 3.8) is 0 Å². The molecule has 0 fully saturated rings. The Labute approximate surface area is 112 Å². The second kappa shape index (κ2) is 5.08. The largest absolute Gasteiger partial charge is 0.465 e. The highest BCUT2D eigenvalue weighted by atomic mass is 19.1. The van der Waals surface area contributed by atoms with Crippen LogP contribution < -0.4 is 0 Å². The van der Waals surface area contributed by atoms with Crippen molar-refractivity contribution in [1.82, 2.24) is 9.55 Å². The minimum absolute atomic E-state index is 0.0393. The van der Waals surface area contributed by atoms with Crippen LogP contribution in [0.2, 0.25) is 0 Å². The normalized spacial score (nSPS) is 10.3. The summed E-state index contributed by atoms with van der Waals surface area (Å²) in [4.78, 5) is 25.7. The number of halogens is 1. The van der Waals surface area contributed by atoms with Gasteiger partial charge >= 0.3 is 5.97 Å². The molecule has 0 atom stereocenters. The van der Waals surface area contributed by atoms with Gasteiger partial charge in [0.1, 0.15) is 11.5 Å². The lowest BCUT2D eigenvalue weighted by molar-refractivity contribution is -0.384. The molecule has 104 valence electrons. The molecule has 0 aliphatic carbocycles. The fourth-order valence-electron chi connectivity index (χ4n) is 1.72. The molecule has 0 saturated carbocycles. The number of carbonyl (C=O) groups excluding carboxylic acids is 1. The van der Waals surface area contributed by atoms with E-state index in [1.165, 1.54) is 17.1 Å². The van der Waals surface area contributed by atoms with Crippen molar-refractivity contribution in [2.24, 2.45) is 0 Å². The Hall–Kier alpha value is -2.77. The molecule has 0 saturated heterocycles. The fourth-order valence-corrected chi connectivity index (χ4v) is 1.72. The van der Waals surface area contributed by atoms with Gasteiger partial charge in [0.05, 0.1) is 35.7 Å². The number of nitro groups is 1. The first-order valence-electron chi connectivity index (χ1n) is 5.51. The van der Waals surface area contributed by atoms with E-state index in [2.05, 4.69) is 9.72 Å². The third-order valence-corrected chi connectivity index (χ3v) is 2.66. The van der Waals surface area contributed by atoms with Gasteiger partial charge in [-0.2, -0.15) is 0 Å². The monoisotopic (exact) mass is 279 g/mol. The van der Waals surface area contributed by atoms with E-state index in [4.69, 9.17) is 0 Å². The predicted molar refractivity (Wildman–Crippen MR) is 66.3 cm³/mol. The molecule has 0 amide bonds. The van der Waals surface area contributed by atoms with Gasteiger partial charge in [-0.05, 0) is 13.0 Å². The first kappa shape index (κ1) is 13.7. The van der Waals surface area contributed by atoms with Gasteiger partial charge in [0.25, 0.3) is 5.69 Å². The summed E-state index contributed by atoms with van der Waals surface area (Å²) in [5.74, 6) is -1.92. The number of hydrogen-bond donors (Lipinski definition) is 0. The van der Waals surface area contributed by atoms with E-state index in [1.807, 2.05) is 0 Å². The van der Waals surface area contributed by atoms with Crippen LogP contribution in [0.25, 0.3) is 5.69 Å². The molecule has 7 nitrogen and oxygen atoms in total.